The van der Waals surface area contributed by atoms with Crippen molar-refractivity contribution in [3.8, 4) is 0 Å². The van der Waals surface area contributed by atoms with Gasteiger partial charge in [-0.3, -0.25) is 0 Å². The molecule has 2 unspecified atom stereocenters. The van der Waals surface area contributed by atoms with Gasteiger partial charge >= 0.3 is 0 Å². The SMILES string of the molecule is COC(c1nc2c(s1)CCCC2N)C1CCCCC1. The quantitative estimate of drug-likeness (QED) is 0.917. The first-order chi connectivity index (χ1) is 9.29. The number of nitrogens with two attached hydrogens (primary N) is 1. The molecule has 2 aliphatic carbocycles. The monoisotopic (exact) mass is 280 g/mol. The molecule has 4 heteroatoms. The lowest BCUT2D eigenvalue weighted by atomic mass is 9.85. The van der Waals surface area contributed by atoms with Gasteiger partial charge < -0.3 is 10.5 Å². The van der Waals surface area contributed by atoms with E-state index in [4.69, 9.17) is 15.5 Å². The minimum Gasteiger partial charge on any atom is -0.374 e. The highest BCUT2D eigenvalue weighted by atomic mass is 32.1. The van der Waals surface area contributed by atoms with Gasteiger partial charge in [-0.25, -0.2) is 4.98 Å². The fourth-order valence-corrected chi connectivity index (χ4v) is 4.87. The van der Waals surface area contributed by atoms with Gasteiger partial charge in [-0.1, -0.05) is 19.3 Å². The Hall–Kier alpha value is -0.450. The van der Waals surface area contributed by atoms with E-state index in [-0.39, 0.29) is 12.1 Å². The lowest BCUT2D eigenvalue weighted by Gasteiger charge is -2.27. The van der Waals surface area contributed by atoms with E-state index in [9.17, 15) is 0 Å². The Morgan fingerprint density at radius 2 is 2.00 bits per heavy atom. The van der Waals surface area contributed by atoms with Gasteiger partial charge in [0, 0.05) is 18.0 Å². The van der Waals surface area contributed by atoms with E-state index in [2.05, 4.69) is 0 Å². The summed E-state index contributed by atoms with van der Waals surface area (Å²) in [4.78, 5) is 6.26. The van der Waals surface area contributed by atoms with Crippen LogP contribution in [0.2, 0.25) is 0 Å². The van der Waals surface area contributed by atoms with Gasteiger partial charge in [-0.15, -0.1) is 11.3 Å². The normalized spacial score (nSPS) is 26.1. The molecule has 0 saturated heterocycles. The van der Waals surface area contributed by atoms with Crippen molar-refractivity contribution in [2.24, 2.45) is 11.7 Å². The summed E-state index contributed by atoms with van der Waals surface area (Å²) in [7, 11) is 1.83. The summed E-state index contributed by atoms with van der Waals surface area (Å²) in [6.45, 7) is 0. The number of aromatic nitrogens is 1. The maximum Gasteiger partial charge on any atom is 0.122 e. The van der Waals surface area contributed by atoms with E-state index in [1.54, 1.807) is 0 Å². The predicted molar refractivity (Wildman–Crippen MR) is 78.3 cm³/mol. The van der Waals surface area contributed by atoms with Gasteiger partial charge in [0.05, 0.1) is 5.69 Å². The summed E-state index contributed by atoms with van der Waals surface area (Å²) < 4.78 is 5.80. The fourth-order valence-electron chi connectivity index (χ4n) is 3.52. The van der Waals surface area contributed by atoms with Gasteiger partial charge in [0.1, 0.15) is 11.1 Å². The highest BCUT2D eigenvalue weighted by Crippen LogP contribution is 2.41. The molecule has 19 heavy (non-hydrogen) atoms. The van der Waals surface area contributed by atoms with Crippen LogP contribution in [-0.2, 0) is 11.2 Å². The topological polar surface area (TPSA) is 48.1 Å². The number of thiazole rings is 1. The third kappa shape index (κ3) is 2.71. The number of methoxy groups -OCH3 is 1. The van der Waals surface area contributed by atoms with Gasteiger partial charge in [-0.05, 0) is 38.0 Å². The van der Waals surface area contributed by atoms with Crippen molar-refractivity contribution in [3.63, 3.8) is 0 Å². The Bertz CT molecular complexity index is 426. The Balaban J connectivity index is 1.83. The molecule has 0 spiro atoms. The van der Waals surface area contributed by atoms with E-state index in [0.29, 0.717) is 5.92 Å². The van der Waals surface area contributed by atoms with Crippen LogP contribution in [0.3, 0.4) is 0 Å². The highest BCUT2D eigenvalue weighted by molar-refractivity contribution is 7.11. The second-order valence-electron chi connectivity index (χ2n) is 5.91. The number of fused-ring (bicyclic) bond motifs is 1. The molecule has 3 rings (SSSR count). The van der Waals surface area contributed by atoms with Crippen LogP contribution in [0.4, 0.5) is 0 Å². The zero-order valence-corrected chi connectivity index (χ0v) is 12.5. The molecule has 0 aliphatic heterocycles. The standard InChI is InChI=1S/C15H24N2OS/c1-18-14(10-6-3-2-4-7-10)15-17-13-11(16)8-5-9-12(13)19-15/h10-11,14H,2-9,16H2,1H3. The van der Waals surface area contributed by atoms with Crippen molar-refractivity contribution in [2.45, 2.75) is 63.5 Å². The number of ether oxygens (including phenoxy) is 1. The molecular weight excluding hydrogens is 256 g/mol. The number of nitrogens with zero attached hydrogens (tertiary/aromatic N) is 1. The van der Waals surface area contributed by atoms with Crippen molar-refractivity contribution in [2.75, 3.05) is 7.11 Å². The minimum atomic E-state index is 0.151. The lowest BCUT2D eigenvalue weighted by molar-refractivity contribution is 0.0351. The maximum atomic E-state index is 6.18. The Morgan fingerprint density at radius 3 is 2.68 bits per heavy atom. The third-order valence-electron chi connectivity index (χ3n) is 4.59. The Kier molecular flexibility index (Phi) is 4.20. The number of hydrogen-bond donors (Lipinski definition) is 1. The number of rotatable bonds is 3. The van der Waals surface area contributed by atoms with Crippen molar-refractivity contribution in [1.82, 2.24) is 4.98 Å². The smallest absolute Gasteiger partial charge is 0.122 e. The molecular formula is C15H24N2OS. The van der Waals surface area contributed by atoms with Crippen LogP contribution in [0.5, 0.6) is 0 Å². The molecule has 106 valence electrons. The summed E-state index contributed by atoms with van der Waals surface area (Å²) in [5.41, 5.74) is 7.34. The third-order valence-corrected chi connectivity index (χ3v) is 5.78. The van der Waals surface area contributed by atoms with Crippen LogP contribution in [0.25, 0.3) is 0 Å². The van der Waals surface area contributed by atoms with E-state index >= 15 is 0 Å². The largest absolute Gasteiger partial charge is 0.374 e. The van der Waals surface area contributed by atoms with Gasteiger partial charge in [0.25, 0.3) is 0 Å². The second kappa shape index (κ2) is 5.90. The van der Waals surface area contributed by atoms with Gasteiger partial charge in [0.2, 0.25) is 0 Å². The van der Waals surface area contributed by atoms with Crippen LogP contribution in [0, 0.1) is 5.92 Å². The first kappa shape index (κ1) is 13.5. The molecule has 2 aliphatic rings. The molecule has 2 atom stereocenters. The summed E-state index contributed by atoms with van der Waals surface area (Å²) in [5.74, 6) is 0.655. The van der Waals surface area contributed by atoms with E-state index in [1.165, 1.54) is 48.4 Å². The number of hydrogen-bond acceptors (Lipinski definition) is 4. The molecule has 1 aromatic rings. The number of aryl methyl sites for hydroxylation is 1. The molecule has 1 aromatic heterocycles. The second-order valence-corrected chi connectivity index (χ2v) is 7.03. The van der Waals surface area contributed by atoms with E-state index in [1.807, 2.05) is 18.4 Å². The summed E-state index contributed by atoms with van der Waals surface area (Å²) in [6, 6.07) is 0.151. The van der Waals surface area contributed by atoms with Crippen molar-refractivity contribution >= 4 is 11.3 Å². The summed E-state index contributed by atoms with van der Waals surface area (Å²) >= 11 is 1.85. The maximum absolute atomic E-state index is 6.18. The average Bonchev–Trinajstić information content (AvgIpc) is 2.86. The first-order valence-corrected chi connectivity index (χ1v) is 8.39. The molecule has 0 radical (unpaired) electrons. The molecule has 1 saturated carbocycles. The molecule has 1 fully saturated rings. The molecule has 0 amide bonds. The Morgan fingerprint density at radius 1 is 1.21 bits per heavy atom. The van der Waals surface area contributed by atoms with Gasteiger partial charge in [0.15, 0.2) is 0 Å². The van der Waals surface area contributed by atoms with E-state index < -0.39 is 0 Å². The molecule has 1 heterocycles. The Labute approximate surface area is 119 Å². The molecule has 3 nitrogen and oxygen atoms in total. The predicted octanol–water partition coefficient (Wildman–Crippen LogP) is 3.75. The van der Waals surface area contributed by atoms with Crippen LogP contribution < -0.4 is 5.73 Å². The van der Waals surface area contributed by atoms with E-state index in [0.717, 1.165) is 18.5 Å². The average molecular weight is 280 g/mol. The van der Waals surface area contributed by atoms with Crippen LogP contribution in [0.15, 0.2) is 0 Å². The lowest BCUT2D eigenvalue weighted by Crippen LogP contribution is -2.19. The first-order valence-electron chi connectivity index (χ1n) is 7.57. The van der Waals surface area contributed by atoms with Crippen molar-refractivity contribution in [1.29, 1.82) is 0 Å². The van der Waals surface area contributed by atoms with Crippen molar-refractivity contribution < 1.29 is 4.74 Å². The van der Waals surface area contributed by atoms with Crippen LogP contribution in [0.1, 0.15) is 72.7 Å². The zero-order chi connectivity index (χ0) is 13.2. The summed E-state index contributed by atoms with van der Waals surface area (Å²) in [6.07, 6.45) is 10.3. The van der Waals surface area contributed by atoms with Crippen molar-refractivity contribution in [3.05, 3.63) is 15.6 Å². The minimum absolute atomic E-state index is 0.151. The molecule has 0 aromatic carbocycles. The fraction of sp³-hybridized carbons (Fsp3) is 0.800. The molecule has 2 N–H and O–H groups in total. The van der Waals surface area contributed by atoms with Crippen LogP contribution >= 0.6 is 11.3 Å². The molecule has 0 bridgehead atoms. The zero-order valence-electron chi connectivity index (χ0n) is 11.7. The van der Waals surface area contributed by atoms with Gasteiger partial charge in [-0.2, -0.15) is 0 Å². The highest BCUT2D eigenvalue weighted by Gasteiger charge is 2.30. The summed E-state index contributed by atoms with van der Waals surface area (Å²) in [5, 5.41) is 1.18. The van der Waals surface area contributed by atoms with Crippen LogP contribution in [-0.4, -0.2) is 12.1 Å².